The third kappa shape index (κ3) is 9.79. The van der Waals surface area contributed by atoms with E-state index in [-0.39, 0.29) is 19.0 Å². The normalized spacial score (nSPS) is 16.2. The monoisotopic (exact) mass is 488 g/mol. The van der Waals surface area contributed by atoms with Crippen molar-refractivity contribution in [1.82, 2.24) is 0 Å². The van der Waals surface area contributed by atoms with Gasteiger partial charge in [0.2, 0.25) is 0 Å². The molecule has 1 aromatic carbocycles. The van der Waals surface area contributed by atoms with Gasteiger partial charge < -0.3 is 14.6 Å². The second-order valence-corrected chi connectivity index (χ2v) is 11.4. The van der Waals surface area contributed by atoms with E-state index in [1.54, 1.807) is 0 Å². The van der Waals surface area contributed by atoms with Gasteiger partial charge in [-0.2, -0.15) is 0 Å². The van der Waals surface area contributed by atoms with Gasteiger partial charge >= 0.3 is 5.97 Å². The SMILES string of the molecule is Cc1c(C)c2c(c(C)c1OC(=O)CCCO)CCC(CCCCCCC[C@H](C)CCCC(C)C)O2. The number of aliphatic hydroxyl groups excluding tert-OH is 1. The van der Waals surface area contributed by atoms with Crippen LogP contribution in [0.1, 0.15) is 126 Å². The number of benzene rings is 1. The first-order valence-electron chi connectivity index (χ1n) is 14.3. The fourth-order valence-corrected chi connectivity index (χ4v) is 5.31. The Kier molecular flexibility index (Phi) is 13.2. The number of esters is 1. The van der Waals surface area contributed by atoms with Crippen LogP contribution in [0.3, 0.4) is 0 Å². The van der Waals surface area contributed by atoms with Gasteiger partial charge in [-0.25, -0.2) is 0 Å². The summed E-state index contributed by atoms with van der Waals surface area (Å²) < 4.78 is 12.2. The number of unbranched alkanes of at least 4 members (excludes halogenated alkanes) is 4. The molecule has 1 heterocycles. The maximum Gasteiger partial charge on any atom is 0.311 e. The molecule has 1 aromatic rings. The van der Waals surface area contributed by atoms with E-state index in [9.17, 15) is 4.79 Å². The molecule has 1 unspecified atom stereocenters. The molecule has 4 nitrogen and oxygen atoms in total. The number of ether oxygens (including phenoxy) is 2. The van der Waals surface area contributed by atoms with E-state index in [4.69, 9.17) is 14.6 Å². The summed E-state index contributed by atoms with van der Waals surface area (Å²) in [5.41, 5.74) is 4.29. The lowest BCUT2D eigenvalue weighted by molar-refractivity contribution is -0.134. The quantitative estimate of drug-likeness (QED) is 0.145. The summed E-state index contributed by atoms with van der Waals surface area (Å²) in [4.78, 5) is 12.2. The first kappa shape index (κ1) is 29.7. The molecule has 1 aliphatic heterocycles. The van der Waals surface area contributed by atoms with Crippen molar-refractivity contribution in [3.05, 3.63) is 22.3 Å². The molecule has 35 heavy (non-hydrogen) atoms. The Labute approximate surface area is 215 Å². The summed E-state index contributed by atoms with van der Waals surface area (Å²) in [6, 6.07) is 0. The number of hydrogen-bond acceptors (Lipinski definition) is 4. The summed E-state index contributed by atoms with van der Waals surface area (Å²) in [7, 11) is 0. The fourth-order valence-electron chi connectivity index (χ4n) is 5.31. The predicted molar refractivity (Wildman–Crippen MR) is 146 cm³/mol. The molecule has 0 aliphatic carbocycles. The molecule has 0 spiro atoms. The molecule has 0 aromatic heterocycles. The number of rotatable bonds is 16. The molecule has 1 aliphatic rings. The van der Waals surface area contributed by atoms with Gasteiger partial charge in [-0.05, 0) is 81.4 Å². The van der Waals surface area contributed by atoms with Crippen molar-refractivity contribution in [3.63, 3.8) is 0 Å². The maximum atomic E-state index is 12.2. The summed E-state index contributed by atoms with van der Waals surface area (Å²) in [6.07, 6.45) is 16.2. The Morgan fingerprint density at radius 2 is 1.60 bits per heavy atom. The second kappa shape index (κ2) is 15.5. The summed E-state index contributed by atoms with van der Waals surface area (Å²) >= 11 is 0. The van der Waals surface area contributed by atoms with Crippen LogP contribution < -0.4 is 9.47 Å². The lowest BCUT2D eigenvalue weighted by Crippen LogP contribution is -2.24. The molecule has 2 rings (SSSR count). The zero-order valence-corrected chi connectivity index (χ0v) is 23.5. The highest BCUT2D eigenvalue weighted by Gasteiger charge is 2.27. The fraction of sp³-hybridized carbons (Fsp3) is 0.774. The van der Waals surface area contributed by atoms with Gasteiger partial charge in [0.1, 0.15) is 11.5 Å². The average molecular weight is 489 g/mol. The number of carbonyl (C=O) groups excluding carboxylic acids is 1. The number of aliphatic hydroxyl groups is 1. The van der Waals surface area contributed by atoms with Crippen molar-refractivity contribution in [2.24, 2.45) is 11.8 Å². The van der Waals surface area contributed by atoms with Crippen LogP contribution in [0.15, 0.2) is 0 Å². The van der Waals surface area contributed by atoms with Crippen molar-refractivity contribution in [1.29, 1.82) is 0 Å². The first-order chi connectivity index (χ1) is 16.7. The summed E-state index contributed by atoms with van der Waals surface area (Å²) in [5, 5.41) is 8.97. The molecule has 0 bridgehead atoms. The highest BCUT2D eigenvalue weighted by Crippen LogP contribution is 2.42. The van der Waals surface area contributed by atoms with Crippen LogP contribution in [0.25, 0.3) is 0 Å². The molecule has 0 fully saturated rings. The molecule has 0 saturated heterocycles. The molecule has 0 amide bonds. The Hall–Kier alpha value is -1.55. The van der Waals surface area contributed by atoms with E-state index in [0.717, 1.165) is 53.5 Å². The minimum absolute atomic E-state index is 0.00326. The van der Waals surface area contributed by atoms with Gasteiger partial charge in [0.15, 0.2) is 0 Å². The second-order valence-electron chi connectivity index (χ2n) is 11.4. The van der Waals surface area contributed by atoms with E-state index >= 15 is 0 Å². The zero-order chi connectivity index (χ0) is 25.8. The Morgan fingerprint density at radius 1 is 0.914 bits per heavy atom. The third-order valence-corrected chi connectivity index (χ3v) is 7.77. The maximum absolute atomic E-state index is 12.2. The molecule has 1 N–H and O–H groups in total. The van der Waals surface area contributed by atoms with Crippen molar-refractivity contribution in [2.75, 3.05) is 6.61 Å². The van der Waals surface area contributed by atoms with E-state index < -0.39 is 0 Å². The van der Waals surface area contributed by atoms with E-state index in [1.165, 1.54) is 63.4 Å². The summed E-state index contributed by atoms with van der Waals surface area (Å²) in [6.45, 7) is 13.2. The van der Waals surface area contributed by atoms with Crippen molar-refractivity contribution < 1.29 is 19.4 Å². The standard InChI is InChI=1S/C31H52O4/c1-22(2)14-12-16-23(3)15-10-8-7-9-11-17-27-19-20-28-26(6)30(35-29(33)18-13-21-32)24(4)25(5)31(28)34-27/h22-23,27,32H,7-21H2,1-6H3/t23-,27?/m0/s1. The third-order valence-electron chi connectivity index (χ3n) is 7.77. The first-order valence-corrected chi connectivity index (χ1v) is 14.3. The average Bonchev–Trinajstić information content (AvgIpc) is 2.83. The summed E-state index contributed by atoms with van der Waals surface area (Å²) in [5.74, 6) is 3.13. The number of hydrogen-bond donors (Lipinski definition) is 1. The van der Waals surface area contributed by atoms with Gasteiger partial charge in [-0.1, -0.05) is 72.1 Å². The molecular formula is C31H52O4. The van der Waals surface area contributed by atoms with Crippen LogP contribution in [-0.4, -0.2) is 23.8 Å². The Balaban J connectivity index is 1.74. The molecule has 0 saturated carbocycles. The van der Waals surface area contributed by atoms with E-state index in [2.05, 4.69) is 27.7 Å². The van der Waals surface area contributed by atoms with Crippen LogP contribution in [0, 0.1) is 32.6 Å². The number of carbonyl (C=O) groups is 1. The minimum atomic E-state index is -0.278. The smallest absolute Gasteiger partial charge is 0.311 e. The van der Waals surface area contributed by atoms with Crippen LogP contribution >= 0.6 is 0 Å². The van der Waals surface area contributed by atoms with Crippen LogP contribution in [0.5, 0.6) is 11.5 Å². The van der Waals surface area contributed by atoms with Crippen molar-refractivity contribution in [2.45, 2.75) is 138 Å². The number of fused-ring (bicyclic) bond motifs is 1. The van der Waals surface area contributed by atoms with Gasteiger partial charge in [0, 0.05) is 18.6 Å². The highest BCUT2D eigenvalue weighted by molar-refractivity contribution is 5.74. The molecule has 200 valence electrons. The lowest BCUT2D eigenvalue weighted by atomic mass is 9.90. The van der Waals surface area contributed by atoms with Gasteiger partial charge in [-0.3, -0.25) is 4.79 Å². The molecule has 0 radical (unpaired) electrons. The highest BCUT2D eigenvalue weighted by atomic mass is 16.5. The van der Waals surface area contributed by atoms with Gasteiger partial charge in [0.05, 0.1) is 6.10 Å². The molecule has 2 atom stereocenters. The van der Waals surface area contributed by atoms with Crippen LogP contribution in [-0.2, 0) is 11.2 Å². The van der Waals surface area contributed by atoms with Gasteiger partial charge in [-0.15, -0.1) is 0 Å². The van der Waals surface area contributed by atoms with Crippen molar-refractivity contribution in [3.8, 4) is 11.5 Å². The van der Waals surface area contributed by atoms with Crippen molar-refractivity contribution >= 4 is 5.97 Å². The predicted octanol–water partition coefficient (Wildman–Crippen LogP) is 8.18. The van der Waals surface area contributed by atoms with Gasteiger partial charge in [0.25, 0.3) is 0 Å². The Bertz CT molecular complexity index is 783. The van der Waals surface area contributed by atoms with Crippen LogP contribution in [0.2, 0.25) is 0 Å². The minimum Gasteiger partial charge on any atom is -0.490 e. The molecular weight excluding hydrogens is 436 g/mol. The van der Waals surface area contributed by atoms with E-state index in [0.29, 0.717) is 18.3 Å². The lowest BCUT2D eigenvalue weighted by Gasteiger charge is -2.30. The zero-order valence-electron chi connectivity index (χ0n) is 23.5. The Morgan fingerprint density at radius 3 is 2.31 bits per heavy atom. The van der Waals surface area contributed by atoms with E-state index in [1.807, 2.05) is 13.8 Å². The van der Waals surface area contributed by atoms with Crippen LogP contribution in [0.4, 0.5) is 0 Å². The largest absolute Gasteiger partial charge is 0.490 e. The topological polar surface area (TPSA) is 55.8 Å². The molecule has 4 heteroatoms.